The molecular formula is C26H20N2S2. The first-order chi connectivity index (χ1) is 14.8. The van der Waals surface area contributed by atoms with Crippen molar-refractivity contribution in [3.05, 3.63) is 108 Å². The fraction of sp³-hybridized carbons (Fsp3) is 0.154. The Labute approximate surface area is 186 Å². The Morgan fingerprint density at radius 2 is 0.933 bits per heavy atom. The summed E-state index contributed by atoms with van der Waals surface area (Å²) >= 11 is 3.19. The molecule has 0 bridgehead atoms. The van der Waals surface area contributed by atoms with E-state index in [4.69, 9.17) is 0 Å². The number of hydrogen-bond acceptors (Lipinski definition) is 4. The largest absolute Gasteiger partial charge is 0.197 e. The smallest absolute Gasteiger partial charge is 0.107 e. The Morgan fingerprint density at radius 3 is 1.30 bits per heavy atom. The molecule has 30 heavy (non-hydrogen) atoms. The van der Waals surface area contributed by atoms with Crippen LogP contribution in [0.2, 0.25) is 0 Å². The molecule has 1 aliphatic rings. The predicted octanol–water partition coefficient (Wildman–Crippen LogP) is 6.79. The van der Waals surface area contributed by atoms with E-state index in [0.29, 0.717) is 0 Å². The molecule has 4 heteroatoms. The summed E-state index contributed by atoms with van der Waals surface area (Å²) < 4.78 is 0. The average Bonchev–Trinajstić information content (AvgIpc) is 2.82. The van der Waals surface area contributed by atoms with Crippen molar-refractivity contribution in [2.24, 2.45) is 0 Å². The molecule has 0 heterocycles. The zero-order valence-electron chi connectivity index (χ0n) is 16.3. The minimum absolute atomic E-state index is 0.00581. The van der Waals surface area contributed by atoms with Gasteiger partial charge < -0.3 is 0 Å². The number of nitrogens with zero attached hydrogens (tertiary/aromatic N) is 2. The third-order valence-corrected chi connectivity index (χ3v) is 7.55. The molecule has 4 rings (SSSR count). The van der Waals surface area contributed by atoms with E-state index in [2.05, 4.69) is 36.4 Å². The van der Waals surface area contributed by atoms with Gasteiger partial charge in [0.15, 0.2) is 0 Å². The normalized spacial score (nSPS) is 19.1. The second kappa shape index (κ2) is 9.72. The van der Waals surface area contributed by atoms with Gasteiger partial charge in [0.1, 0.15) is 10.5 Å². The van der Waals surface area contributed by atoms with E-state index >= 15 is 0 Å². The van der Waals surface area contributed by atoms with Gasteiger partial charge in [-0.3, -0.25) is 0 Å². The molecule has 0 spiro atoms. The van der Waals surface area contributed by atoms with Crippen LogP contribution in [0.5, 0.6) is 0 Å². The van der Waals surface area contributed by atoms with Gasteiger partial charge in [0, 0.05) is 21.6 Å². The number of nitriles is 2. The summed E-state index contributed by atoms with van der Waals surface area (Å²) in [6.07, 6.45) is 4.26. The van der Waals surface area contributed by atoms with Gasteiger partial charge in [0.25, 0.3) is 0 Å². The molecule has 0 aromatic heterocycles. The van der Waals surface area contributed by atoms with Crippen molar-refractivity contribution in [3.8, 4) is 12.1 Å². The van der Waals surface area contributed by atoms with Gasteiger partial charge >= 0.3 is 0 Å². The highest BCUT2D eigenvalue weighted by atomic mass is 32.2. The number of benzene rings is 3. The van der Waals surface area contributed by atoms with Gasteiger partial charge in [-0.1, -0.05) is 72.8 Å². The van der Waals surface area contributed by atoms with Gasteiger partial charge in [0.05, 0.1) is 12.1 Å². The molecule has 0 aliphatic heterocycles. The van der Waals surface area contributed by atoms with Gasteiger partial charge in [-0.2, -0.15) is 10.5 Å². The average molecular weight is 425 g/mol. The molecule has 0 saturated heterocycles. The molecule has 0 radical (unpaired) electrons. The lowest BCUT2D eigenvalue weighted by Crippen LogP contribution is -2.22. The van der Waals surface area contributed by atoms with Crippen LogP contribution in [0.1, 0.15) is 23.0 Å². The molecule has 146 valence electrons. The maximum absolute atomic E-state index is 9.92. The van der Waals surface area contributed by atoms with Crippen LogP contribution in [-0.2, 0) is 0 Å². The molecule has 0 amide bonds. The molecule has 4 atom stereocenters. The zero-order chi connectivity index (χ0) is 20.8. The van der Waals surface area contributed by atoms with Crippen molar-refractivity contribution in [2.75, 3.05) is 0 Å². The van der Waals surface area contributed by atoms with Crippen LogP contribution < -0.4 is 0 Å². The van der Waals surface area contributed by atoms with Crippen LogP contribution in [0, 0.1) is 22.7 Å². The van der Waals surface area contributed by atoms with Crippen molar-refractivity contribution < 1.29 is 0 Å². The number of allylic oxidation sites excluding steroid dienone is 2. The Bertz CT molecular complexity index is 1010. The number of rotatable bonds is 6. The number of hydrogen-bond donors (Lipinski definition) is 0. The van der Waals surface area contributed by atoms with Crippen LogP contribution in [0.25, 0.3) is 0 Å². The quantitative estimate of drug-likeness (QED) is 0.323. The van der Waals surface area contributed by atoms with Crippen molar-refractivity contribution in [2.45, 2.75) is 32.1 Å². The van der Waals surface area contributed by atoms with Gasteiger partial charge in [-0.25, -0.2) is 0 Å². The van der Waals surface area contributed by atoms with Crippen LogP contribution in [0.15, 0.2) is 107 Å². The van der Waals surface area contributed by atoms with Gasteiger partial charge in [0.2, 0.25) is 0 Å². The summed E-state index contributed by atoms with van der Waals surface area (Å²) in [5.41, 5.74) is 2.29. The van der Waals surface area contributed by atoms with E-state index in [-0.39, 0.29) is 22.3 Å². The van der Waals surface area contributed by atoms with Crippen molar-refractivity contribution in [1.82, 2.24) is 0 Å². The van der Waals surface area contributed by atoms with Crippen LogP contribution in [0.4, 0.5) is 0 Å². The van der Waals surface area contributed by atoms with E-state index < -0.39 is 0 Å². The van der Waals surface area contributed by atoms with Crippen molar-refractivity contribution >= 4 is 23.5 Å². The summed E-state index contributed by atoms with van der Waals surface area (Å²) in [4.78, 5) is 2.18. The fourth-order valence-electron chi connectivity index (χ4n) is 3.74. The minimum atomic E-state index is -0.229. The molecule has 0 saturated carbocycles. The Balaban J connectivity index is 1.63. The molecule has 0 N–H and O–H groups in total. The zero-order valence-corrected chi connectivity index (χ0v) is 17.9. The standard InChI is InChI=1S/C26H20N2S2/c27-17-25(29-19-9-3-1-4-10-19)23-15-16-24(22-14-8-7-13-21(22)23)26(18-28)30-20-11-5-2-6-12-20/h1-16,23-26H. The molecule has 4 unspecified atom stereocenters. The summed E-state index contributed by atoms with van der Waals surface area (Å²) in [5, 5.41) is 19.4. The Kier molecular flexibility index (Phi) is 6.60. The van der Waals surface area contributed by atoms with E-state index in [0.717, 1.165) is 20.9 Å². The van der Waals surface area contributed by atoms with E-state index in [9.17, 15) is 10.5 Å². The lowest BCUT2D eigenvalue weighted by Gasteiger charge is -2.31. The SMILES string of the molecule is N#CC(Sc1ccccc1)C1C=CC(C(C#N)Sc2ccccc2)c2ccccc21. The second-order valence-corrected chi connectivity index (χ2v) is 9.46. The summed E-state index contributed by atoms with van der Waals surface area (Å²) in [7, 11) is 0. The Morgan fingerprint density at radius 1 is 0.567 bits per heavy atom. The molecular weight excluding hydrogens is 404 g/mol. The maximum Gasteiger partial charge on any atom is 0.107 e. The van der Waals surface area contributed by atoms with E-state index in [1.54, 1.807) is 23.5 Å². The molecule has 3 aromatic carbocycles. The number of thioether (sulfide) groups is 2. The summed E-state index contributed by atoms with van der Waals surface area (Å²) in [5.74, 6) is -0.0116. The van der Waals surface area contributed by atoms with Gasteiger partial charge in [-0.15, -0.1) is 23.5 Å². The molecule has 2 nitrogen and oxygen atoms in total. The van der Waals surface area contributed by atoms with Crippen molar-refractivity contribution in [1.29, 1.82) is 10.5 Å². The molecule has 1 aliphatic carbocycles. The second-order valence-electron chi connectivity index (χ2n) is 7.03. The van der Waals surface area contributed by atoms with Gasteiger partial charge in [-0.05, 0) is 35.4 Å². The molecule has 3 aromatic rings. The lowest BCUT2D eigenvalue weighted by atomic mass is 9.79. The van der Waals surface area contributed by atoms with Crippen LogP contribution in [-0.4, -0.2) is 10.5 Å². The van der Waals surface area contributed by atoms with Crippen molar-refractivity contribution in [3.63, 3.8) is 0 Å². The highest BCUT2D eigenvalue weighted by Gasteiger charge is 2.33. The maximum atomic E-state index is 9.92. The third-order valence-electron chi connectivity index (χ3n) is 5.16. The minimum Gasteiger partial charge on any atom is -0.197 e. The first kappa shape index (κ1) is 20.4. The lowest BCUT2D eigenvalue weighted by molar-refractivity contribution is 0.774. The summed E-state index contributed by atoms with van der Waals surface area (Å²) in [6, 6.07) is 33.4. The highest BCUT2D eigenvalue weighted by Crippen LogP contribution is 2.44. The highest BCUT2D eigenvalue weighted by molar-refractivity contribution is 8.00. The first-order valence-corrected chi connectivity index (χ1v) is 11.6. The molecule has 0 fully saturated rings. The Hall–Kier alpha value is -2.92. The monoisotopic (exact) mass is 424 g/mol. The predicted molar refractivity (Wildman–Crippen MR) is 124 cm³/mol. The van der Waals surface area contributed by atoms with E-state index in [1.165, 1.54) is 0 Å². The van der Waals surface area contributed by atoms with E-state index in [1.807, 2.05) is 72.8 Å². The van der Waals surface area contributed by atoms with Crippen LogP contribution in [0.3, 0.4) is 0 Å². The first-order valence-electron chi connectivity index (χ1n) is 9.80. The van der Waals surface area contributed by atoms with Crippen LogP contribution >= 0.6 is 23.5 Å². The fourth-order valence-corrected chi connectivity index (χ4v) is 5.83. The topological polar surface area (TPSA) is 47.6 Å². The summed E-state index contributed by atoms with van der Waals surface area (Å²) in [6.45, 7) is 0. The third kappa shape index (κ3) is 4.46. The number of fused-ring (bicyclic) bond motifs is 1.